The summed E-state index contributed by atoms with van der Waals surface area (Å²) >= 11 is 0. The smallest absolute Gasteiger partial charge is 0.253 e. The first kappa shape index (κ1) is 30.1. The van der Waals surface area contributed by atoms with Gasteiger partial charge in [-0.05, 0) is 67.5 Å². The second-order valence-corrected chi connectivity index (χ2v) is 12.4. The molecule has 3 aliphatic heterocycles. The average molecular weight is 632 g/mol. The molecule has 9 nitrogen and oxygen atoms in total. The summed E-state index contributed by atoms with van der Waals surface area (Å²) < 4.78 is 49.7. The maximum Gasteiger partial charge on any atom is 0.253 e. The Morgan fingerprint density at radius 1 is 0.978 bits per heavy atom. The van der Waals surface area contributed by atoms with Gasteiger partial charge in [-0.1, -0.05) is 12.2 Å². The number of halogens is 3. The van der Waals surface area contributed by atoms with Gasteiger partial charge in [0.15, 0.2) is 11.6 Å². The number of nitrogens with zero attached hydrogens (tertiary/aromatic N) is 3. The number of hydrogen-bond donors (Lipinski definition) is 2. The lowest BCUT2D eigenvalue weighted by Gasteiger charge is -2.38. The van der Waals surface area contributed by atoms with E-state index >= 15 is 0 Å². The van der Waals surface area contributed by atoms with Crippen LogP contribution in [0.15, 0.2) is 42.7 Å². The first-order chi connectivity index (χ1) is 22.2. The van der Waals surface area contributed by atoms with Gasteiger partial charge in [-0.25, -0.2) is 18.2 Å². The van der Waals surface area contributed by atoms with E-state index in [1.807, 2.05) is 18.2 Å². The third-order valence-electron chi connectivity index (χ3n) is 9.48. The predicted octanol–water partition coefficient (Wildman–Crippen LogP) is 4.21. The minimum Gasteiger partial charge on any atom is -0.377 e. The number of ether oxygens (including phenoxy) is 1. The SMILES string of the molecule is O=C1NC2CC(c3c(F)ccc(F)c3F)CN(CCCCCOCC=Cc3cnc4c(c3)C3(Cc5cc1cnc5C3)C(=O)N4)C2=O. The lowest BCUT2D eigenvalue weighted by Crippen LogP contribution is -2.54. The number of rotatable bonds is 1. The fraction of sp³-hybridized carbons (Fsp3) is 0.382. The van der Waals surface area contributed by atoms with Gasteiger partial charge in [0, 0.05) is 61.2 Å². The number of aromatic nitrogens is 2. The molecule has 2 aromatic heterocycles. The number of carbonyl (C=O) groups excluding carboxylic acids is 3. The van der Waals surface area contributed by atoms with Crippen molar-refractivity contribution >= 4 is 29.6 Å². The Morgan fingerprint density at radius 2 is 1.83 bits per heavy atom. The van der Waals surface area contributed by atoms with E-state index in [2.05, 4.69) is 20.6 Å². The van der Waals surface area contributed by atoms with Crippen molar-refractivity contribution in [2.75, 3.05) is 31.6 Å². The van der Waals surface area contributed by atoms with Gasteiger partial charge < -0.3 is 20.3 Å². The molecule has 4 aliphatic rings. The van der Waals surface area contributed by atoms with E-state index < -0.39 is 46.3 Å². The van der Waals surface area contributed by atoms with Gasteiger partial charge in [-0.15, -0.1) is 0 Å². The number of hydrogen-bond acceptors (Lipinski definition) is 6. The second-order valence-electron chi connectivity index (χ2n) is 12.4. The molecule has 1 spiro atoms. The van der Waals surface area contributed by atoms with Crippen LogP contribution in [0.2, 0.25) is 0 Å². The standard InChI is InChI=1S/C34H32F3N5O4/c35-24-6-7-25(36)29(37)28(24)22-13-26-32(44)42(18-22)8-2-1-3-9-46-10-4-5-19-11-23-30(39-16-19)41-33(45)34(23)14-20-12-21(31(43)40-26)17-38-27(20)15-34/h4-7,11-12,16-17,22,26H,1-3,8-10,13-15,18H2,(H,40,43)(H,39,41,45). The molecule has 238 valence electrons. The number of benzene rings is 1. The zero-order chi connectivity index (χ0) is 32.0. The van der Waals surface area contributed by atoms with Crippen LogP contribution < -0.4 is 10.6 Å². The first-order valence-corrected chi connectivity index (χ1v) is 15.5. The Balaban J connectivity index is 1.21. The second kappa shape index (κ2) is 12.0. The summed E-state index contributed by atoms with van der Waals surface area (Å²) in [7, 11) is 0. The number of piperidine rings is 1. The summed E-state index contributed by atoms with van der Waals surface area (Å²) in [5.74, 6) is -4.90. The maximum absolute atomic E-state index is 14.9. The van der Waals surface area contributed by atoms with Crippen LogP contribution in [0.1, 0.15) is 69.9 Å². The van der Waals surface area contributed by atoms with E-state index in [0.717, 1.165) is 41.7 Å². The molecular weight excluding hydrogens is 599 g/mol. The molecule has 3 unspecified atom stereocenters. The lowest BCUT2D eigenvalue weighted by atomic mass is 9.79. The number of nitrogens with one attached hydrogen (secondary N) is 2. The highest BCUT2D eigenvalue weighted by atomic mass is 19.2. The monoisotopic (exact) mass is 631 g/mol. The third kappa shape index (κ3) is 5.34. The number of carbonyl (C=O) groups is 3. The molecule has 0 saturated carbocycles. The van der Waals surface area contributed by atoms with Gasteiger partial charge in [0.05, 0.1) is 17.6 Å². The van der Waals surface area contributed by atoms with Gasteiger partial charge in [-0.2, -0.15) is 0 Å². The van der Waals surface area contributed by atoms with Crippen molar-refractivity contribution in [3.05, 3.63) is 93.7 Å². The van der Waals surface area contributed by atoms with Crippen molar-refractivity contribution in [3.8, 4) is 0 Å². The highest BCUT2D eigenvalue weighted by Crippen LogP contribution is 2.46. The molecule has 3 aromatic rings. The number of amides is 3. The first-order valence-electron chi connectivity index (χ1n) is 15.5. The summed E-state index contributed by atoms with van der Waals surface area (Å²) in [5, 5.41) is 5.65. The molecule has 1 fully saturated rings. The fourth-order valence-corrected chi connectivity index (χ4v) is 7.13. The Kier molecular flexibility index (Phi) is 7.83. The zero-order valence-corrected chi connectivity index (χ0v) is 25.0. The van der Waals surface area contributed by atoms with E-state index in [1.165, 1.54) is 11.1 Å². The van der Waals surface area contributed by atoms with Crippen LogP contribution in [-0.2, 0) is 32.6 Å². The summed E-state index contributed by atoms with van der Waals surface area (Å²) in [6.07, 6.45) is 9.51. The molecule has 3 amide bonds. The molecule has 1 saturated heterocycles. The van der Waals surface area contributed by atoms with Crippen LogP contribution in [0, 0.1) is 17.5 Å². The van der Waals surface area contributed by atoms with Crippen molar-refractivity contribution in [1.29, 1.82) is 0 Å². The Morgan fingerprint density at radius 3 is 2.70 bits per heavy atom. The van der Waals surface area contributed by atoms with Crippen molar-refractivity contribution in [2.45, 2.75) is 55.9 Å². The Hall–Kier alpha value is -4.58. The molecule has 5 heterocycles. The van der Waals surface area contributed by atoms with Gasteiger partial charge in [0.1, 0.15) is 17.7 Å². The molecule has 0 radical (unpaired) electrons. The van der Waals surface area contributed by atoms with E-state index in [0.29, 0.717) is 50.5 Å². The van der Waals surface area contributed by atoms with Crippen LogP contribution >= 0.6 is 0 Å². The van der Waals surface area contributed by atoms with E-state index in [4.69, 9.17) is 4.74 Å². The predicted molar refractivity (Wildman–Crippen MR) is 161 cm³/mol. The van der Waals surface area contributed by atoms with Gasteiger partial charge in [-0.3, -0.25) is 19.4 Å². The highest BCUT2D eigenvalue weighted by Gasteiger charge is 2.52. The fourth-order valence-electron chi connectivity index (χ4n) is 7.13. The number of fused-ring (bicyclic) bond motifs is 4. The van der Waals surface area contributed by atoms with E-state index in [-0.39, 0.29) is 30.3 Å². The molecule has 7 bridgehead atoms. The molecule has 12 heteroatoms. The molecular formula is C34H32F3N5O4. The van der Waals surface area contributed by atoms with Gasteiger partial charge in [0.2, 0.25) is 11.8 Å². The van der Waals surface area contributed by atoms with Crippen molar-refractivity contribution in [1.82, 2.24) is 20.2 Å². The van der Waals surface area contributed by atoms with Crippen LogP contribution in [0.3, 0.4) is 0 Å². The van der Waals surface area contributed by atoms with Gasteiger partial charge >= 0.3 is 0 Å². The van der Waals surface area contributed by atoms with E-state index in [1.54, 1.807) is 12.3 Å². The third-order valence-corrected chi connectivity index (χ3v) is 9.48. The van der Waals surface area contributed by atoms with Crippen LogP contribution in [0.25, 0.3) is 6.08 Å². The van der Waals surface area contributed by atoms with Crippen molar-refractivity contribution < 1.29 is 32.3 Å². The zero-order valence-electron chi connectivity index (χ0n) is 25.0. The average Bonchev–Trinajstić information content (AvgIpc) is 3.56. The Bertz CT molecular complexity index is 1780. The largest absolute Gasteiger partial charge is 0.377 e. The minimum atomic E-state index is -1.29. The van der Waals surface area contributed by atoms with Crippen LogP contribution in [0.4, 0.5) is 19.0 Å². The maximum atomic E-state index is 14.9. The molecule has 2 N–H and O–H groups in total. The van der Waals surface area contributed by atoms with Crippen molar-refractivity contribution in [3.63, 3.8) is 0 Å². The molecule has 46 heavy (non-hydrogen) atoms. The Labute approximate surface area is 263 Å². The summed E-state index contributed by atoms with van der Waals surface area (Å²) in [5.41, 5.74) is 1.85. The number of anilines is 1. The van der Waals surface area contributed by atoms with Crippen molar-refractivity contribution in [2.24, 2.45) is 0 Å². The quantitative estimate of drug-likeness (QED) is 0.389. The molecule has 3 atom stereocenters. The van der Waals surface area contributed by atoms with Gasteiger partial charge in [0.25, 0.3) is 5.91 Å². The minimum absolute atomic E-state index is 0.00860. The normalized spacial score (nSPS) is 24.8. The molecule has 1 aliphatic carbocycles. The summed E-state index contributed by atoms with van der Waals surface area (Å²) in [6.45, 7) is 1.17. The number of pyridine rings is 2. The van der Waals surface area contributed by atoms with Crippen LogP contribution in [0.5, 0.6) is 0 Å². The highest BCUT2D eigenvalue weighted by molar-refractivity contribution is 6.06. The summed E-state index contributed by atoms with van der Waals surface area (Å²) in [4.78, 5) is 51.0. The summed E-state index contributed by atoms with van der Waals surface area (Å²) in [6, 6.07) is 4.13. The lowest BCUT2D eigenvalue weighted by molar-refractivity contribution is -0.136. The molecule has 1 aromatic carbocycles. The van der Waals surface area contributed by atoms with E-state index in [9.17, 15) is 27.6 Å². The molecule has 7 rings (SSSR count). The van der Waals surface area contributed by atoms with Crippen LogP contribution in [-0.4, -0.2) is 64.9 Å². The topological polar surface area (TPSA) is 114 Å².